The van der Waals surface area contributed by atoms with Crippen LogP contribution in [0.5, 0.6) is 0 Å². The number of nitrogens with zero attached hydrogens (tertiary/aromatic N) is 1. The number of carbonyl (C=O) groups is 2. The molecule has 0 aromatic heterocycles. The van der Waals surface area contributed by atoms with E-state index in [1.165, 1.54) is 6.92 Å². The van der Waals surface area contributed by atoms with E-state index in [4.69, 9.17) is 5.11 Å². The third-order valence-electron chi connectivity index (χ3n) is 2.48. The zero-order chi connectivity index (χ0) is 12.0. The summed E-state index contributed by atoms with van der Waals surface area (Å²) in [6, 6.07) is 0. The third-order valence-corrected chi connectivity index (χ3v) is 2.48. The van der Waals surface area contributed by atoms with Crippen LogP contribution in [0.2, 0.25) is 0 Å². The van der Waals surface area contributed by atoms with E-state index in [-0.39, 0.29) is 18.4 Å². The van der Waals surface area contributed by atoms with Gasteiger partial charge in [-0.2, -0.15) is 0 Å². The largest absolute Gasteiger partial charge is 0.396 e. The molecule has 0 radical (unpaired) electrons. The molecule has 1 heterocycles. The van der Waals surface area contributed by atoms with Gasteiger partial charge < -0.3 is 15.7 Å². The van der Waals surface area contributed by atoms with Gasteiger partial charge in [-0.05, 0) is 0 Å². The zero-order valence-electron chi connectivity index (χ0n) is 9.53. The quantitative estimate of drug-likeness (QED) is 0.468. The molecule has 0 aromatic carbocycles. The lowest BCUT2D eigenvalue weighted by molar-refractivity contribution is -0.124. The van der Waals surface area contributed by atoms with Crippen LogP contribution in [0.25, 0.3) is 0 Å². The number of hydrogen-bond acceptors (Lipinski definition) is 4. The summed E-state index contributed by atoms with van der Waals surface area (Å²) in [6.45, 7) is 4.50. The number of carbonyl (C=O) groups excluding carboxylic acids is 2. The second-order valence-electron chi connectivity index (χ2n) is 4.08. The van der Waals surface area contributed by atoms with Gasteiger partial charge in [-0.3, -0.25) is 14.5 Å². The summed E-state index contributed by atoms with van der Waals surface area (Å²) in [5.41, 5.74) is 0. The van der Waals surface area contributed by atoms with Crippen LogP contribution >= 0.6 is 0 Å². The van der Waals surface area contributed by atoms with E-state index in [1.54, 1.807) is 0 Å². The number of hydrogen-bond donors (Lipinski definition) is 3. The Hall–Kier alpha value is -1.14. The first kappa shape index (κ1) is 12.9. The topological polar surface area (TPSA) is 81.7 Å². The second kappa shape index (κ2) is 6.44. The van der Waals surface area contributed by atoms with Gasteiger partial charge in [0.25, 0.3) is 0 Å². The molecule has 6 nitrogen and oxygen atoms in total. The highest BCUT2D eigenvalue weighted by atomic mass is 16.3. The molecule has 16 heavy (non-hydrogen) atoms. The monoisotopic (exact) mass is 229 g/mol. The first-order valence-electron chi connectivity index (χ1n) is 5.46. The van der Waals surface area contributed by atoms with Crippen molar-refractivity contribution in [2.45, 2.75) is 6.92 Å². The summed E-state index contributed by atoms with van der Waals surface area (Å²) < 4.78 is 0. The molecule has 1 fully saturated rings. The summed E-state index contributed by atoms with van der Waals surface area (Å²) in [4.78, 5) is 23.9. The average molecular weight is 229 g/mol. The minimum atomic E-state index is -0.0946. The molecule has 1 rings (SSSR count). The fraction of sp³-hybridized carbons (Fsp3) is 0.800. The Morgan fingerprint density at radius 2 is 1.94 bits per heavy atom. The van der Waals surface area contributed by atoms with E-state index < -0.39 is 0 Å². The van der Waals surface area contributed by atoms with Crippen molar-refractivity contribution in [2.75, 3.05) is 39.3 Å². The van der Waals surface area contributed by atoms with Gasteiger partial charge in [-0.15, -0.1) is 0 Å². The van der Waals surface area contributed by atoms with Crippen LogP contribution in [0.1, 0.15) is 6.92 Å². The minimum Gasteiger partial charge on any atom is -0.396 e. The van der Waals surface area contributed by atoms with Crippen LogP contribution in [0.4, 0.5) is 0 Å². The van der Waals surface area contributed by atoms with Crippen molar-refractivity contribution in [2.24, 2.45) is 5.92 Å². The summed E-state index contributed by atoms with van der Waals surface area (Å²) in [7, 11) is 0. The summed E-state index contributed by atoms with van der Waals surface area (Å²) in [5, 5.41) is 14.1. The number of nitrogens with one attached hydrogen (secondary N) is 2. The highest BCUT2D eigenvalue weighted by Gasteiger charge is 2.26. The molecular formula is C10H19N3O3. The fourth-order valence-electron chi connectivity index (χ4n) is 1.62. The maximum atomic E-state index is 11.4. The highest BCUT2D eigenvalue weighted by molar-refractivity contribution is 5.78. The van der Waals surface area contributed by atoms with Crippen molar-refractivity contribution in [3.05, 3.63) is 0 Å². The van der Waals surface area contributed by atoms with Crippen LogP contribution in [0.15, 0.2) is 0 Å². The van der Waals surface area contributed by atoms with Gasteiger partial charge in [-0.25, -0.2) is 0 Å². The number of aliphatic hydroxyl groups excluding tert-OH is 1. The van der Waals surface area contributed by atoms with E-state index >= 15 is 0 Å². The van der Waals surface area contributed by atoms with E-state index in [0.29, 0.717) is 25.6 Å². The van der Waals surface area contributed by atoms with Gasteiger partial charge in [0, 0.05) is 45.6 Å². The standard InChI is InChI=1S/C10H19N3O3/c1-8(15)11-2-3-12-10(16)6-13-4-9(5-13)7-14/h9,14H,2-7H2,1H3,(H,11,15)(H,12,16). The lowest BCUT2D eigenvalue weighted by Gasteiger charge is -2.37. The van der Waals surface area contributed by atoms with Crippen molar-refractivity contribution >= 4 is 11.8 Å². The van der Waals surface area contributed by atoms with E-state index in [9.17, 15) is 9.59 Å². The molecule has 0 atom stereocenters. The Bertz CT molecular complexity index is 252. The predicted molar refractivity (Wildman–Crippen MR) is 58.7 cm³/mol. The molecule has 0 aliphatic carbocycles. The van der Waals surface area contributed by atoms with Crippen molar-refractivity contribution in [1.82, 2.24) is 15.5 Å². The van der Waals surface area contributed by atoms with Gasteiger partial charge in [0.1, 0.15) is 0 Å². The molecule has 0 spiro atoms. The number of likely N-dealkylation sites (tertiary alicyclic amines) is 1. The lowest BCUT2D eigenvalue weighted by atomic mass is 10.0. The molecule has 0 aromatic rings. The molecule has 3 N–H and O–H groups in total. The second-order valence-corrected chi connectivity index (χ2v) is 4.08. The van der Waals surface area contributed by atoms with Gasteiger partial charge in [0.2, 0.25) is 11.8 Å². The summed E-state index contributed by atoms with van der Waals surface area (Å²) >= 11 is 0. The first-order valence-corrected chi connectivity index (χ1v) is 5.46. The van der Waals surface area contributed by atoms with E-state index in [0.717, 1.165) is 13.1 Å². The van der Waals surface area contributed by atoms with Crippen molar-refractivity contribution in [1.29, 1.82) is 0 Å². The summed E-state index contributed by atoms with van der Waals surface area (Å²) in [6.07, 6.45) is 0. The predicted octanol–water partition coefficient (Wildman–Crippen LogP) is -1.84. The Labute approximate surface area is 95.0 Å². The van der Waals surface area contributed by atoms with Crippen LogP contribution in [-0.4, -0.2) is 61.2 Å². The third kappa shape index (κ3) is 4.59. The summed E-state index contributed by atoms with van der Waals surface area (Å²) in [5.74, 6) is 0.191. The minimum absolute atomic E-state index is 0.0401. The molecule has 2 amide bonds. The van der Waals surface area contributed by atoms with Crippen LogP contribution in [-0.2, 0) is 9.59 Å². The number of aliphatic hydroxyl groups is 1. The molecule has 0 unspecified atom stereocenters. The Morgan fingerprint density at radius 3 is 2.50 bits per heavy atom. The van der Waals surface area contributed by atoms with E-state index in [2.05, 4.69) is 10.6 Å². The fourth-order valence-corrected chi connectivity index (χ4v) is 1.62. The van der Waals surface area contributed by atoms with Gasteiger partial charge in [-0.1, -0.05) is 0 Å². The maximum absolute atomic E-state index is 11.4. The molecule has 1 aliphatic heterocycles. The Balaban J connectivity index is 1.97. The lowest BCUT2D eigenvalue weighted by Crippen LogP contribution is -2.52. The molecule has 1 saturated heterocycles. The Kier molecular flexibility index (Phi) is 5.21. The number of amides is 2. The SMILES string of the molecule is CC(=O)NCCNC(=O)CN1CC(CO)C1. The van der Waals surface area contributed by atoms with Crippen molar-refractivity contribution in [3.8, 4) is 0 Å². The zero-order valence-corrected chi connectivity index (χ0v) is 9.53. The first-order chi connectivity index (χ1) is 7.61. The van der Waals surface area contributed by atoms with Crippen LogP contribution < -0.4 is 10.6 Å². The van der Waals surface area contributed by atoms with Crippen LogP contribution in [0, 0.1) is 5.92 Å². The molecule has 1 aliphatic rings. The normalized spacial score (nSPS) is 16.6. The van der Waals surface area contributed by atoms with Crippen molar-refractivity contribution < 1.29 is 14.7 Å². The van der Waals surface area contributed by atoms with Crippen molar-refractivity contribution in [3.63, 3.8) is 0 Å². The average Bonchev–Trinajstić information content (AvgIpc) is 2.17. The smallest absolute Gasteiger partial charge is 0.234 e. The molecule has 0 bridgehead atoms. The van der Waals surface area contributed by atoms with Gasteiger partial charge >= 0.3 is 0 Å². The maximum Gasteiger partial charge on any atom is 0.234 e. The van der Waals surface area contributed by atoms with Gasteiger partial charge in [0.15, 0.2) is 0 Å². The molecule has 92 valence electrons. The van der Waals surface area contributed by atoms with Crippen LogP contribution in [0.3, 0.4) is 0 Å². The molecule has 6 heteroatoms. The Morgan fingerprint density at radius 1 is 1.31 bits per heavy atom. The molecule has 0 saturated carbocycles. The van der Waals surface area contributed by atoms with Gasteiger partial charge in [0.05, 0.1) is 6.54 Å². The number of rotatable bonds is 6. The van der Waals surface area contributed by atoms with E-state index in [1.807, 2.05) is 4.90 Å². The molecular weight excluding hydrogens is 210 g/mol. The highest BCUT2D eigenvalue weighted by Crippen LogP contribution is 2.12.